The SMILES string of the molecule is COc1ccc(CN(C)C(=O)CS(=O)(=O)c2ccccc2)cc1. The van der Waals surface area contributed by atoms with Gasteiger partial charge in [0.15, 0.2) is 9.84 Å². The molecule has 23 heavy (non-hydrogen) atoms. The van der Waals surface area contributed by atoms with E-state index < -0.39 is 21.5 Å². The van der Waals surface area contributed by atoms with Crippen LogP contribution in [0.5, 0.6) is 5.75 Å². The molecule has 2 rings (SSSR count). The average Bonchev–Trinajstić information content (AvgIpc) is 2.56. The highest BCUT2D eigenvalue weighted by molar-refractivity contribution is 7.92. The standard InChI is InChI=1S/C17H19NO4S/c1-18(12-14-8-10-15(22-2)11-9-14)17(19)13-23(20,21)16-6-4-3-5-7-16/h3-11H,12-13H2,1-2H3. The van der Waals surface area contributed by atoms with Gasteiger partial charge in [-0.15, -0.1) is 0 Å². The van der Waals surface area contributed by atoms with Crippen LogP contribution in [0.2, 0.25) is 0 Å². The number of hydrogen-bond donors (Lipinski definition) is 0. The van der Waals surface area contributed by atoms with Gasteiger partial charge in [0.2, 0.25) is 5.91 Å². The fourth-order valence-electron chi connectivity index (χ4n) is 2.08. The third-order valence-electron chi connectivity index (χ3n) is 3.42. The highest BCUT2D eigenvalue weighted by Crippen LogP contribution is 2.14. The summed E-state index contributed by atoms with van der Waals surface area (Å²) in [7, 11) is -0.446. The lowest BCUT2D eigenvalue weighted by Gasteiger charge is -2.17. The summed E-state index contributed by atoms with van der Waals surface area (Å²) >= 11 is 0. The van der Waals surface area contributed by atoms with Crippen LogP contribution in [-0.4, -0.2) is 39.1 Å². The topological polar surface area (TPSA) is 63.7 Å². The van der Waals surface area contributed by atoms with E-state index in [0.717, 1.165) is 11.3 Å². The molecule has 0 aliphatic heterocycles. The van der Waals surface area contributed by atoms with Gasteiger partial charge in [0.1, 0.15) is 11.5 Å². The Bertz CT molecular complexity index is 755. The van der Waals surface area contributed by atoms with Crippen molar-refractivity contribution < 1.29 is 17.9 Å². The minimum Gasteiger partial charge on any atom is -0.497 e. The molecule has 2 aromatic rings. The van der Waals surface area contributed by atoms with Crippen molar-refractivity contribution >= 4 is 15.7 Å². The Morgan fingerprint density at radius 3 is 2.22 bits per heavy atom. The van der Waals surface area contributed by atoms with E-state index in [1.807, 2.05) is 12.1 Å². The molecule has 0 saturated carbocycles. The van der Waals surface area contributed by atoms with E-state index in [2.05, 4.69) is 0 Å². The first-order valence-corrected chi connectivity index (χ1v) is 8.72. The lowest BCUT2D eigenvalue weighted by Crippen LogP contribution is -2.32. The summed E-state index contributed by atoms with van der Waals surface area (Å²) in [5.41, 5.74) is 0.902. The number of nitrogens with zero attached hydrogens (tertiary/aromatic N) is 1. The fourth-order valence-corrected chi connectivity index (χ4v) is 3.36. The number of amides is 1. The lowest BCUT2D eigenvalue weighted by atomic mass is 10.2. The molecular weight excluding hydrogens is 314 g/mol. The van der Waals surface area contributed by atoms with E-state index in [-0.39, 0.29) is 4.90 Å². The zero-order chi connectivity index (χ0) is 16.9. The van der Waals surface area contributed by atoms with Crippen molar-refractivity contribution in [2.45, 2.75) is 11.4 Å². The monoisotopic (exact) mass is 333 g/mol. The molecule has 0 heterocycles. The maximum atomic E-state index is 12.2. The van der Waals surface area contributed by atoms with Crippen molar-refractivity contribution in [1.29, 1.82) is 0 Å². The molecular formula is C17H19NO4S. The lowest BCUT2D eigenvalue weighted by molar-refractivity contribution is -0.127. The third-order valence-corrected chi connectivity index (χ3v) is 5.04. The normalized spacial score (nSPS) is 11.0. The van der Waals surface area contributed by atoms with Crippen LogP contribution in [0, 0.1) is 0 Å². The number of carbonyl (C=O) groups excluding carboxylic acids is 1. The molecule has 0 atom stereocenters. The molecule has 0 fully saturated rings. The summed E-state index contributed by atoms with van der Waals surface area (Å²) in [5.74, 6) is -0.247. The van der Waals surface area contributed by atoms with E-state index >= 15 is 0 Å². The van der Waals surface area contributed by atoms with Crippen molar-refractivity contribution in [2.24, 2.45) is 0 Å². The minimum absolute atomic E-state index is 0.159. The minimum atomic E-state index is -3.62. The highest BCUT2D eigenvalue weighted by atomic mass is 32.2. The van der Waals surface area contributed by atoms with Gasteiger partial charge in [-0.3, -0.25) is 4.79 Å². The van der Waals surface area contributed by atoms with E-state index in [9.17, 15) is 13.2 Å². The van der Waals surface area contributed by atoms with Crippen LogP contribution in [0.4, 0.5) is 0 Å². The van der Waals surface area contributed by atoms with Crippen molar-refractivity contribution in [1.82, 2.24) is 4.90 Å². The fraction of sp³-hybridized carbons (Fsp3) is 0.235. The van der Waals surface area contributed by atoms with Crippen LogP contribution < -0.4 is 4.74 Å². The number of carbonyl (C=O) groups is 1. The third kappa shape index (κ3) is 4.56. The molecule has 122 valence electrons. The average molecular weight is 333 g/mol. The number of hydrogen-bond acceptors (Lipinski definition) is 4. The molecule has 0 bridgehead atoms. The number of rotatable bonds is 6. The van der Waals surface area contributed by atoms with Crippen LogP contribution in [-0.2, 0) is 21.2 Å². The first-order valence-electron chi connectivity index (χ1n) is 7.07. The molecule has 1 amide bonds. The van der Waals surface area contributed by atoms with Crippen LogP contribution in [0.15, 0.2) is 59.5 Å². The van der Waals surface area contributed by atoms with Crippen molar-refractivity contribution in [3.05, 3.63) is 60.2 Å². The van der Waals surface area contributed by atoms with Crippen molar-refractivity contribution in [3.8, 4) is 5.75 Å². The van der Waals surface area contributed by atoms with Crippen molar-refractivity contribution in [2.75, 3.05) is 19.9 Å². The van der Waals surface area contributed by atoms with Gasteiger partial charge in [0.05, 0.1) is 12.0 Å². The molecule has 0 aromatic heterocycles. The van der Waals surface area contributed by atoms with Crippen LogP contribution in [0.1, 0.15) is 5.56 Å². The molecule has 0 N–H and O–H groups in total. The molecule has 0 radical (unpaired) electrons. The molecule has 0 spiro atoms. The Morgan fingerprint density at radius 1 is 1.04 bits per heavy atom. The number of sulfone groups is 1. The molecule has 5 nitrogen and oxygen atoms in total. The first-order chi connectivity index (χ1) is 10.9. The Kier molecular flexibility index (Phi) is 5.39. The second-order valence-electron chi connectivity index (χ2n) is 5.17. The molecule has 0 aliphatic carbocycles. The van der Waals surface area contributed by atoms with E-state index in [4.69, 9.17) is 4.74 Å². The Balaban J connectivity index is 2.02. The van der Waals surface area contributed by atoms with E-state index in [1.165, 1.54) is 17.0 Å². The van der Waals surface area contributed by atoms with Gasteiger partial charge in [0, 0.05) is 13.6 Å². The van der Waals surface area contributed by atoms with E-state index in [0.29, 0.717) is 6.54 Å². The molecule has 0 aliphatic rings. The molecule has 0 unspecified atom stereocenters. The van der Waals surface area contributed by atoms with Crippen LogP contribution in [0.25, 0.3) is 0 Å². The second kappa shape index (κ2) is 7.28. The summed E-state index contributed by atoms with van der Waals surface area (Å²) in [5, 5.41) is 0. The van der Waals surface area contributed by atoms with Gasteiger partial charge in [-0.1, -0.05) is 30.3 Å². The Labute approximate surface area is 136 Å². The zero-order valence-electron chi connectivity index (χ0n) is 13.1. The van der Waals surface area contributed by atoms with Gasteiger partial charge in [0.25, 0.3) is 0 Å². The first kappa shape index (κ1) is 17.0. The summed E-state index contributed by atoms with van der Waals surface area (Å²) in [4.78, 5) is 13.7. The van der Waals surface area contributed by atoms with E-state index in [1.54, 1.807) is 44.5 Å². The molecule has 2 aromatic carbocycles. The molecule has 6 heteroatoms. The predicted octanol–water partition coefficient (Wildman–Crippen LogP) is 2.13. The predicted molar refractivity (Wildman–Crippen MR) is 88.0 cm³/mol. The quantitative estimate of drug-likeness (QED) is 0.812. The van der Waals surface area contributed by atoms with Gasteiger partial charge < -0.3 is 9.64 Å². The number of ether oxygens (including phenoxy) is 1. The largest absolute Gasteiger partial charge is 0.497 e. The zero-order valence-corrected chi connectivity index (χ0v) is 13.9. The highest BCUT2D eigenvalue weighted by Gasteiger charge is 2.21. The van der Waals surface area contributed by atoms with Gasteiger partial charge in [-0.05, 0) is 29.8 Å². The van der Waals surface area contributed by atoms with Crippen LogP contribution in [0.3, 0.4) is 0 Å². The second-order valence-corrected chi connectivity index (χ2v) is 7.16. The van der Waals surface area contributed by atoms with Crippen molar-refractivity contribution in [3.63, 3.8) is 0 Å². The molecule has 0 saturated heterocycles. The summed E-state index contributed by atoms with van der Waals surface area (Å²) in [6, 6.07) is 15.3. The summed E-state index contributed by atoms with van der Waals surface area (Å²) in [6.45, 7) is 0.340. The summed E-state index contributed by atoms with van der Waals surface area (Å²) in [6.07, 6.45) is 0. The van der Waals surface area contributed by atoms with Gasteiger partial charge in [-0.25, -0.2) is 8.42 Å². The number of methoxy groups -OCH3 is 1. The van der Waals surface area contributed by atoms with Gasteiger partial charge >= 0.3 is 0 Å². The van der Waals surface area contributed by atoms with Crippen LogP contribution >= 0.6 is 0 Å². The Morgan fingerprint density at radius 2 is 1.65 bits per heavy atom. The Hall–Kier alpha value is -2.34. The maximum Gasteiger partial charge on any atom is 0.238 e. The number of benzene rings is 2. The van der Waals surface area contributed by atoms with Gasteiger partial charge in [-0.2, -0.15) is 0 Å². The summed E-state index contributed by atoms with van der Waals surface area (Å²) < 4.78 is 29.5. The maximum absolute atomic E-state index is 12.2. The smallest absolute Gasteiger partial charge is 0.238 e.